The van der Waals surface area contributed by atoms with Gasteiger partial charge < -0.3 is 24.2 Å². The third kappa shape index (κ3) is 3.18. The molecule has 0 atom stereocenters. The standard InChI is InChI=1S/C14H17NO6/c1-8(2)15(3)13(16)6-19-10-5-12-11(20-7-21-12)4-9(10)14(17)18/h4-5,8H,6-7H2,1-3H3,(H,17,18). The average molecular weight is 295 g/mol. The van der Waals surface area contributed by atoms with Gasteiger partial charge in [0.1, 0.15) is 11.3 Å². The molecule has 1 amide bonds. The molecule has 1 aliphatic heterocycles. The van der Waals surface area contributed by atoms with Crippen LogP contribution >= 0.6 is 0 Å². The monoisotopic (exact) mass is 295 g/mol. The smallest absolute Gasteiger partial charge is 0.339 e. The van der Waals surface area contributed by atoms with Crippen LogP contribution in [0, 0.1) is 0 Å². The van der Waals surface area contributed by atoms with Gasteiger partial charge >= 0.3 is 5.97 Å². The first-order valence-electron chi connectivity index (χ1n) is 6.45. The van der Waals surface area contributed by atoms with Gasteiger partial charge in [0.05, 0.1) is 0 Å². The Labute approximate surface area is 122 Å². The fourth-order valence-corrected chi connectivity index (χ4v) is 1.74. The van der Waals surface area contributed by atoms with Crippen molar-refractivity contribution in [2.75, 3.05) is 20.4 Å². The van der Waals surface area contributed by atoms with Gasteiger partial charge in [-0.05, 0) is 13.8 Å². The van der Waals surface area contributed by atoms with E-state index in [2.05, 4.69) is 0 Å². The van der Waals surface area contributed by atoms with Crippen molar-refractivity contribution in [3.05, 3.63) is 17.7 Å². The Bertz CT molecular complexity index is 569. The Balaban J connectivity index is 2.16. The minimum atomic E-state index is -1.16. The molecule has 0 saturated carbocycles. The maximum Gasteiger partial charge on any atom is 0.339 e. The lowest BCUT2D eigenvalue weighted by Gasteiger charge is -2.21. The highest BCUT2D eigenvalue weighted by Crippen LogP contribution is 2.38. The number of likely N-dealkylation sites (N-methyl/N-ethyl adjacent to an activating group) is 1. The van der Waals surface area contributed by atoms with Crippen molar-refractivity contribution < 1.29 is 28.9 Å². The number of hydrogen-bond acceptors (Lipinski definition) is 5. The molecule has 1 aliphatic rings. The number of ether oxygens (including phenoxy) is 3. The van der Waals surface area contributed by atoms with Gasteiger partial charge in [0, 0.05) is 25.2 Å². The number of hydrogen-bond donors (Lipinski definition) is 1. The molecule has 7 nitrogen and oxygen atoms in total. The zero-order valence-corrected chi connectivity index (χ0v) is 12.1. The highest BCUT2D eigenvalue weighted by molar-refractivity contribution is 5.92. The van der Waals surface area contributed by atoms with Gasteiger partial charge in [-0.3, -0.25) is 4.79 Å². The Morgan fingerprint density at radius 1 is 1.33 bits per heavy atom. The number of benzene rings is 1. The summed E-state index contributed by atoms with van der Waals surface area (Å²) < 4.78 is 15.6. The number of nitrogens with zero attached hydrogens (tertiary/aromatic N) is 1. The maximum atomic E-state index is 11.9. The lowest BCUT2D eigenvalue weighted by atomic mass is 10.2. The van der Waals surface area contributed by atoms with Crippen LogP contribution in [-0.4, -0.2) is 48.4 Å². The van der Waals surface area contributed by atoms with Crippen LogP contribution in [-0.2, 0) is 4.79 Å². The van der Waals surface area contributed by atoms with E-state index >= 15 is 0 Å². The molecule has 0 aliphatic carbocycles. The van der Waals surface area contributed by atoms with Crippen LogP contribution in [0.5, 0.6) is 17.2 Å². The lowest BCUT2D eigenvalue weighted by Crippen LogP contribution is -2.36. The van der Waals surface area contributed by atoms with Crippen molar-refractivity contribution in [3.8, 4) is 17.2 Å². The van der Waals surface area contributed by atoms with Gasteiger partial charge in [-0.2, -0.15) is 0 Å². The first-order chi connectivity index (χ1) is 9.90. The summed E-state index contributed by atoms with van der Waals surface area (Å²) in [5.41, 5.74) is -0.0701. The molecule has 2 rings (SSSR count). The predicted octanol–water partition coefficient (Wildman–Crippen LogP) is 1.36. The summed E-state index contributed by atoms with van der Waals surface area (Å²) in [7, 11) is 1.66. The first-order valence-corrected chi connectivity index (χ1v) is 6.45. The van der Waals surface area contributed by atoms with E-state index in [1.807, 2.05) is 13.8 Å². The molecule has 114 valence electrons. The fraction of sp³-hybridized carbons (Fsp3) is 0.429. The average Bonchev–Trinajstić information content (AvgIpc) is 2.89. The molecule has 1 N–H and O–H groups in total. The minimum Gasteiger partial charge on any atom is -0.483 e. The molecule has 0 saturated heterocycles. The molecular weight excluding hydrogens is 278 g/mol. The van der Waals surface area contributed by atoms with E-state index < -0.39 is 5.97 Å². The van der Waals surface area contributed by atoms with Crippen molar-refractivity contribution in [1.29, 1.82) is 0 Å². The van der Waals surface area contributed by atoms with Crippen LogP contribution in [0.15, 0.2) is 12.1 Å². The summed E-state index contributed by atoms with van der Waals surface area (Å²) in [6.07, 6.45) is 0. The molecule has 0 unspecified atom stereocenters. The van der Waals surface area contributed by atoms with Crippen LogP contribution in [0.3, 0.4) is 0 Å². The van der Waals surface area contributed by atoms with E-state index in [0.717, 1.165) is 0 Å². The topological polar surface area (TPSA) is 85.3 Å². The summed E-state index contributed by atoms with van der Waals surface area (Å²) in [4.78, 5) is 24.6. The second-order valence-electron chi connectivity index (χ2n) is 4.89. The Morgan fingerprint density at radius 2 is 1.95 bits per heavy atom. The molecule has 21 heavy (non-hydrogen) atoms. The van der Waals surface area contributed by atoms with Crippen LogP contribution in [0.2, 0.25) is 0 Å². The summed E-state index contributed by atoms with van der Waals surface area (Å²) in [5, 5.41) is 9.19. The number of carboxylic acid groups (broad SMARTS) is 1. The van der Waals surface area contributed by atoms with Crippen LogP contribution in [0.4, 0.5) is 0 Å². The number of rotatable bonds is 5. The van der Waals surface area contributed by atoms with E-state index in [1.54, 1.807) is 7.05 Å². The summed E-state index contributed by atoms with van der Waals surface area (Å²) in [6.45, 7) is 3.55. The fourth-order valence-electron chi connectivity index (χ4n) is 1.74. The minimum absolute atomic E-state index is 0.0346. The molecule has 0 bridgehead atoms. The van der Waals surface area contributed by atoms with E-state index in [0.29, 0.717) is 11.5 Å². The number of carbonyl (C=O) groups is 2. The Morgan fingerprint density at radius 3 is 2.52 bits per heavy atom. The predicted molar refractivity (Wildman–Crippen MR) is 72.9 cm³/mol. The third-order valence-corrected chi connectivity index (χ3v) is 3.22. The van der Waals surface area contributed by atoms with E-state index in [9.17, 15) is 14.7 Å². The number of carboxylic acids is 1. The number of aromatic carboxylic acids is 1. The van der Waals surface area contributed by atoms with Crippen molar-refractivity contribution in [2.45, 2.75) is 19.9 Å². The molecule has 1 heterocycles. The van der Waals surface area contributed by atoms with Crippen molar-refractivity contribution >= 4 is 11.9 Å². The zero-order valence-electron chi connectivity index (χ0n) is 12.1. The molecule has 0 radical (unpaired) electrons. The van der Waals surface area contributed by atoms with Gasteiger partial charge in [0.2, 0.25) is 6.79 Å². The van der Waals surface area contributed by atoms with Crippen molar-refractivity contribution in [2.24, 2.45) is 0 Å². The number of fused-ring (bicyclic) bond motifs is 1. The summed E-state index contributed by atoms with van der Waals surface area (Å²) in [5.74, 6) is -0.561. The zero-order chi connectivity index (χ0) is 15.6. The summed E-state index contributed by atoms with van der Waals surface area (Å²) in [6, 6.07) is 2.79. The van der Waals surface area contributed by atoms with Gasteiger partial charge in [-0.25, -0.2) is 4.79 Å². The van der Waals surface area contributed by atoms with E-state index in [-0.39, 0.29) is 36.7 Å². The molecule has 0 fully saturated rings. The quantitative estimate of drug-likeness (QED) is 0.882. The van der Waals surface area contributed by atoms with Crippen molar-refractivity contribution in [3.63, 3.8) is 0 Å². The molecular formula is C14H17NO6. The lowest BCUT2D eigenvalue weighted by molar-refractivity contribution is -0.133. The summed E-state index contributed by atoms with van der Waals surface area (Å²) >= 11 is 0. The van der Waals surface area contributed by atoms with Gasteiger partial charge in [0.15, 0.2) is 18.1 Å². The Kier molecular flexibility index (Phi) is 4.21. The van der Waals surface area contributed by atoms with Gasteiger partial charge in [0.25, 0.3) is 5.91 Å². The number of amides is 1. The van der Waals surface area contributed by atoms with E-state index in [1.165, 1.54) is 17.0 Å². The SMILES string of the molecule is CC(C)N(C)C(=O)COc1cc2c(cc1C(=O)O)OCO2. The molecule has 0 aromatic heterocycles. The second kappa shape index (κ2) is 5.90. The first kappa shape index (κ1) is 15.0. The van der Waals surface area contributed by atoms with Crippen LogP contribution < -0.4 is 14.2 Å². The maximum absolute atomic E-state index is 11.9. The van der Waals surface area contributed by atoms with Gasteiger partial charge in [-0.1, -0.05) is 0 Å². The highest BCUT2D eigenvalue weighted by atomic mass is 16.7. The van der Waals surface area contributed by atoms with E-state index in [4.69, 9.17) is 14.2 Å². The molecule has 1 aromatic carbocycles. The van der Waals surface area contributed by atoms with Crippen LogP contribution in [0.1, 0.15) is 24.2 Å². The molecule has 7 heteroatoms. The highest BCUT2D eigenvalue weighted by Gasteiger charge is 2.22. The Hall–Kier alpha value is -2.44. The molecule has 1 aromatic rings. The van der Waals surface area contributed by atoms with Crippen molar-refractivity contribution in [1.82, 2.24) is 4.90 Å². The van der Waals surface area contributed by atoms with Crippen LogP contribution in [0.25, 0.3) is 0 Å². The normalized spacial score (nSPS) is 12.4. The number of carbonyl (C=O) groups excluding carboxylic acids is 1. The second-order valence-corrected chi connectivity index (χ2v) is 4.89. The van der Waals surface area contributed by atoms with Gasteiger partial charge in [-0.15, -0.1) is 0 Å². The third-order valence-electron chi connectivity index (χ3n) is 3.22. The molecule has 0 spiro atoms. The largest absolute Gasteiger partial charge is 0.483 e.